The Bertz CT molecular complexity index is 866. The van der Waals surface area contributed by atoms with Gasteiger partial charge in [-0.05, 0) is 45.4 Å². The molecule has 11 atom stereocenters. The van der Waals surface area contributed by atoms with Crippen LogP contribution in [0, 0.1) is 28.6 Å². The summed E-state index contributed by atoms with van der Waals surface area (Å²) in [6.07, 6.45) is -4.08. The van der Waals surface area contributed by atoms with Crippen LogP contribution < -0.4 is 0 Å². The maximum atomic E-state index is 12.5. The largest absolute Gasteiger partial charge is 0.461 e. The van der Waals surface area contributed by atoms with Crippen molar-refractivity contribution in [2.45, 2.75) is 115 Å². The molecule has 0 saturated heterocycles. The van der Waals surface area contributed by atoms with Crippen LogP contribution >= 0.6 is 0 Å². The van der Waals surface area contributed by atoms with Gasteiger partial charge in [0.15, 0.2) is 6.10 Å². The van der Waals surface area contributed by atoms with Crippen LogP contribution in [0.3, 0.4) is 0 Å². The van der Waals surface area contributed by atoms with E-state index in [2.05, 4.69) is 0 Å². The Labute approximate surface area is 200 Å². The summed E-state index contributed by atoms with van der Waals surface area (Å²) in [6, 6.07) is 0. The molecule has 194 valence electrons. The molecule has 4 aliphatic carbocycles. The van der Waals surface area contributed by atoms with Crippen molar-refractivity contribution in [1.82, 2.24) is 0 Å². The van der Waals surface area contributed by atoms with E-state index in [1.165, 1.54) is 6.92 Å². The predicted octanol–water partition coefficient (Wildman–Crippen LogP) is 0.671. The van der Waals surface area contributed by atoms with Gasteiger partial charge in [-0.2, -0.15) is 0 Å². The third-order valence-electron chi connectivity index (χ3n) is 10.2. The summed E-state index contributed by atoms with van der Waals surface area (Å²) in [6.45, 7) is 9.30. The summed E-state index contributed by atoms with van der Waals surface area (Å²) in [5.74, 6) is -3.37. The van der Waals surface area contributed by atoms with Crippen molar-refractivity contribution >= 4 is 11.9 Å². The number of carbonyl (C=O) groups is 2. The molecule has 4 saturated carbocycles. The maximum absolute atomic E-state index is 12.5. The molecule has 1 spiro atoms. The second-order valence-electron chi connectivity index (χ2n) is 12.2. The molecule has 0 aromatic rings. The highest BCUT2D eigenvalue weighted by Crippen LogP contribution is 2.70. The SMILES string of the molecule is CCC(=O)OC1[C@H]2CC[C@H]3[C@@](C)(O)[C@@H]4C[C@H](O)C(C)(C)[C@@]4(O)[C@H](OC(C)=O)[C@@H](O)[C@@]13C[C@@]2(C)O. The summed E-state index contributed by atoms with van der Waals surface area (Å²) in [5.41, 5.74) is -7.56. The van der Waals surface area contributed by atoms with Gasteiger partial charge in [0.25, 0.3) is 0 Å². The number of aliphatic hydroxyl groups is 5. The van der Waals surface area contributed by atoms with Crippen LogP contribution in [-0.4, -0.2) is 78.7 Å². The lowest BCUT2D eigenvalue weighted by Crippen LogP contribution is -2.65. The first-order valence-corrected chi connectivity index (χ1v) is 12.4. The van der Waals surface area contributed by atoms with Crippen LogP contribution in [0.1, 0.15) is 73.6 Å². The van der Waals surface area contributed by atoms with Gasteiger partial charge >= 0.3 is 11.9 Å². The van der Waals surface area contributed by atoms with E-state index in [-0.39, 0.29) is 19.3 Å². The smallest absolute Gasteiger partial charge is 0.305 e. The first kappa shape index (κ1) is 25.8. The summed E-state index contributed by atoms with van der Waals surface area (Å²) < 4.78 is 11.5. The minimum absolute atomic E-state index is 0.00213. The number of hydrogen-bond donors (Lipinski definition) is 5. The quantitative estimate of drug-likeness (QED) is 0.364. The molecule has 2 bridgehead atoms. The highest BCUT2D eigenvalue weighted by atomic mass is 16.6. The molecule has 4 rings (SSSR count). The first-order chi connectivity index (χ1) is 15.5. The topological polar surface area (TPSA) is 154 Å². The van der Waals surface area contributed by atoms with Gasteiger partial charge in [-0.15, -0.1) is 0 Å². The lowest BCUT2D eigenvalue weighted by Gasteiger charge is -2.53. The molecule has 0 radical (unpaired) electrons. The zero-order valence-electron chi connectivity index (χ0n) is 20.9. The molecule has 1 unspecified atom stereocenters. The van der Waals surface area contributed by atoms with Gasteiger partial charge in [-0.1, -0.05) is 20.8 Å². The van der Waals surface area contributed by atoms with E-state index < -0.39 is 81.7 Å². The second kappa shape index (κ2) is 7.62. The summed E-state index contributed by atoms with van der Waals surface area (Å²) in [7, 11) is 0. The number of carbonyl (C=O) groups excluding carboxylic acids is 2. The van der Waals surface area contributed by atoms with E-state index in [9.17, 15) is 35.1 Å². The molecular formula is C25H40O9. The number of ether oxygens (including phenoxy) is 2. The van der Waals surface area contributed by atoms with E-state index in [4.69, 9.17) is 9.47 Å². The van der Waals surface area contributed by atoms with Crippen molar-refractivity contribution in [2.24, 2.45) is 28.6 Å². The Balaban J connectivity index is 1.99. The third kappa shape index (κ3) is 3.03. The summed E-state index contributed by atoms with van der Waals surface area (Å²) in [4.78, 5) is 24.7. The monoisotopic (exact) mass is 484 g/mol. The minimum Gasteiger partial charge on any atom is -0.461 e. The summed E-state index contributed by atoms with van der Waals surface area (Å²) in [5, 5.41) is 58.9. The maximum Gasteiger partial charge on any atom is 0.305 e. The van der Waals surface area contributed by atoms with E-state index in [0.717, 1.165) is 0 Å². The Kier molecular flexibility index (Phi) is 5.79. The lowest BCUT2D eigenvalue weighted by atomic mass is 9.56. The number of hydrogen-bond acceptors (Lipinski definition) is 9. The van der Waals surface area contributed by atoms with Crippen molar-refractivity contribution in [1.29, 1.82) is 0 Å². The Hall–Kier alpha value is -1.26. The van der Waals surface area contributed by atoms with Crippen LogP contribution in [0.2, 0.25) is 0 Å². The van der Waals surface area contributed by atoms with E-state index >= 15 is 0 Å². The molecule has 0 amide bonds. The van der Waals surface area contributed by atoms with Gasteiger partial charge in [0, 0.05) is 36.0 Å². The zero-order valence-corrected chi connectivity index (χ0v) is 20.9. The first-order valence-electron chi connectivity index (χ1n) is 12.4. The molecule has 0 aromatic carbocycles. The van der Waals surface area contributed by atoms with Gasteiger partial charge in [0.1, 0.15) is 17.8 Å². The normalized spacial score (nSPS) is 53.4. The van der Waals surface area contributed by atoms with Crippen LogP contribution in [-0.2, 0) is 19.1 Å². The fourth-order valence-electron chi connectivity index (χ4n) is 8.44. The predicted molar refractivity (Wildman–Crippen MR) is 119 cm³/mol. The molecule has 9 nitrogen and oxygen atoms in total. The van der Waals surface area contributed by atoms with Gasteiger partial charge < -0.3 is 35.0 Å². The van der Waals surface area contributed by atoms with E-state index in [1.54, 1.807) is 34.6 Å². The lowest BCUT2D eigenvalue weighted by molar-refractivity contribution is -0.235. The fourth-order valence-corrected chi connectivity index (χ4v) is 8.44. The highest BCUT2D eigenvalue weighted by Gasteiger charge is 2.80. The molecule has 0 aliphatic heterocycles. The van der Waals surface area contributed by atoms with Crippen molar-refractivity contribution in [2.75, 3.05) is 0 Å². The molecule has 9 heteroatoms. The minimum atomic E-state index is -1.99. The van der Waals surface area contributed by atoms with Crippen molar-refractivity contribution < 1.29 is 44.6 Å². The molecule has 5 N–H and O–H groups in total. The number of rotatable bonds is 3. The Morgan fingerprint density at radius 2 is 1.56 bits per heavy atom. The number of fused-ring (bicyclic) bond motifs is 2. The van der Waals surface area contributed by atoms with Crippen LogP contribution in [0.4, 0.5) is 0 Å². The standard InChI is InChI=1S/C25H40O9/c1-7-17(28)34-19-13-8-9-14-23(6,31)15-10-16(27)21(3,4)25(15,32)20(33-12(2)26)18(29)24(14,19)11-22(13,5)30/h13-16,18-20,27,29-32H,7-11H2,1-6H3/t13-,14+,15+,16+,18-,19?,20-,22-,23-,24+,25+/m1/s1. The molecule has 0 heterocycles. The number of esters is 2. The van der Waals surface area contributed by atoms with Crippen molar-refractivity contribution in [3.05, 3.63) is 0 Å². The molecule has 0 aromatic heterocycles. The fraction of sp³-hybridized carbons (Fsp3) is 0.920. The Morgan fingerprint density at radius 3 is 2.12 bits per heavy atom. The van der Waals surface area contributed by atoms with E-state index in [0.29, 0.717) is 12.8 Å². The zero-order chi connectivity index (χ0) is 25.6. The molecular weight excluding hydrogens is 444 g/mol. The van der Waals surface area contributed by atoms with Crippen LogP contribution in [0.15, 0.2) is 0 Å². The average molecular weight is 485 g/mol. The van der Waals surface area contributed by atoms with Gasteiger partial charge in [0.05, 0.1) is 17.3 Å². The van der Waals surface area contributed by atoms with Gasteiger partial charge in [0.2, 0.25) is 0 Å². The van der Waals surface area contributed by atoms with Crippen LogP contribution in [0.5, 0.6) is 0 Å². The third-order valence-corrected chi connectivity index (χ3v) is 10.2. The second-order valence-corrected chi connectivity index (χ2v) is 12.2. The van der Waals surface area contributed by atoms with Crippen molar-refractivity contribution in [3.63, 3.8) is 0 Å². The van der Waals surface area contributed by atoms with E-state index in [1.807, 2.05) is 0 Å². The van der Waals surface area contributed by atoms with Crippen LogP contribution in [0.25, 0.3) is 0 Å². The van der Waals surface area contributed by atoms with Crippen molar-refractivity contribution in [3.8, 4) is 0 Å². The highest BCUT2D eigenvalue weighted by molar-refractivity contribution is 5.69. The average Bonchev–Trinajstić information content (AvgIpc) is 2.97. The molecule has 4 fully saturated rings. The Morgan fingerprint density at radius 1 is 0.941 bits per heavy atom. The molecule has 34 heavy (non-hydrogen) atoms. The summed E-state index contributed by atoms with van der Waals surface area (Å²) >= 11 is 0. The van der Waals surface area contributed by atoms with Gasteiger partial charge in [-0.3, -0.25) is 9.59 Å². The van der Waals surface area contributed by atoms with Gasteiger partial charge in [-0.25, -0.2) is 0 Å². The number of aliphatic hydroxyl groups excluding tert-OH is 2. The molecule has 4 aliphatic rings.